The first-order valence-electron chi connectivity index (χ1n) is 7.53. The van der Waals surface area contributed by atoms with E-state index in [0.717, 1.165) is 21.1 Å². The van der Waals surface area contributed by atoms with Gasteiger partial charge in [0.25, 0.3) is 0 Å². The maximum atomic E-state index is 14.0. The van der Waals surface area contributed by atoms with Gasteiger partial charge in [0.05, 0.1) is 0 Å². The highest BCUT2D eigenvalue weighted by Crippen LogP contribution is 2.25. The van der Waals surface area contributed by atoms with Crippen LogP contribution in [0.4, 0.5) is 10.1 Å². The molecule has 0 unspecified atom stereocenters. The number of benzene rings is 2. The van der Waals surface area contributed by atoms with E-state index in [9.17, 15) is 9.18 Å². The van der Waals surface area contributed by atoms with Gasteiger partial charge < -0.3 is 10.1 Å². The second-order valence-corrected chi connectivity index (χ2v) is 6.24. The number of aryl methyl sites for hydroxylation is 1. The van der Waals surface area contributed by atoms with Crippen LogP contribution in [0.2, 0.25) is 0 Å². The zero-order valence-corrected chi connectivity index (χ0v) is 15.3. The van der Waals surface area contributed by atoms with Gasteiger partial charge in [0, 0.05) is 21.2 Å². The van der Waals surface area contributed by atoms with E-state index in [1.165, 1.54) is 6.07 Å². The Morgan fingerprint density at radius 1 is 1.26 bits per heavy atom. The van der Waals surface area contributed by atoms with Crippen molar-refractivity contribution in [3.8, 4) is 5.75 Å². The molecule has 0 saturated heterocycles. The summed E-state index contributed by atoms with van der Waals surface area (Å²) in [7, 11) is 0. The van der Waals surface area contributed by atoms with Gasteiger partial charge in [-0.05, 0) is 58.8 Å². The SMILES string of the molecule is CCC(=O)Nc1cccc(I)c1COc1ccc(CC)cc1F. The molecule has 0 heterocycles. The summed E-state index contributed by atoms with van der Waals surface area (Å²) in [6, 6.07) is 10.6. The third-order valence-electron chi connectivity index (χ3n) is 3.49. The summed E-state index contributed by atoms with van der Waals surface area (Å²) < 4.78 is 20.6. The van der Waals surface area contributed by atoms with E-state index in [4.69, 9.17) is 4.74 Å². The summed E-state index contributed by atoms with van der Waals surface area (Å²) in [4.78, 5) is 11.6. The van der Waals surface area contributed by atoms with Gasteiger partial charge in [-0.1, -0.05) is 26.0 Å². The molecule has 2 aromatic carbocycles. The molecule has 0 aliphatic rings. The fourth-order valence-electron chi connectivity index (χ4n) is 2.09. The van der Waals surface area contributed by atoms with Gasteiger partial charge in [-0.15, -0.1) is 0 Å². The molecule has 0 atom stereocenters. The van der Waals surface area contributed by atoms with E-state index in [-0.39, 0.29) is 24.1 Å². The lowest BCUT2D eigenvalue weighted by Crippen LogP contribution is -2.13. The third kappa shape index (κ3) is 4.67. The minimum Gasteiger partial charge on any atom is -0.486 e. The van der Waals surface area contributed by atoms with Crippen LogP contribution in [0.3, 0.4) is 0 Å². The first-order valence-corrected chi connectivity index (χ1v) is 8.61. The number of amides is 1. The maximum Gasteiger partial charge on any atom is 0.224 e. The minimum atomic E-state index is -0.366. The van der Waals surface area contributed by atoms with Gasteiger partial charge in [-0.25, -0.2) is 4.39 Å². The molecule has 0 aliphatic carbocycles. The molecule has 1 N–H and O–H groups in total. The molecule has 1 amide bonds. The Morgan fingerprint density at radius 2 is 2.04 bits per heavy atom. The van der Waals surface area contributed by atoms with Gasteiger partial charge in [0.2, 0.25) is 5.91 Å². The highest BCUT2D eigenvalue weighted by atomic mass is 127. The van der Waals surface area contributed by atoms with E-state index in [1.807, 2.05) is 31.2 Å². The lowest BCUT2D eigenvalue weighted by atomic mass is 10.1. The summed E-state index contributed by atoms with van der Waals surface area (Å²) in [5, 5.41) is 2.85. The van der Waals surface area contributed by atoms with E-state index in [0.29, 0.717) is 12.1 Å². The molecule has 0 fully saturated rings. The van der Waals surface area contributed by atoms with Gasteiger partial charge >= 0.3 is 0 Å². The van der Waals surface area contributed by atoms with Crippen molar-refractivity contribution < 1.29 is 13.9 Å². The van der Waals surface area contributed by atoms with Crippen LogP contribution in [0.15, 0.2) is 36.4 Å². The van der Waals surface area contributed by atoms with Gasteiger partial charge in [0.1, 0.15) is 6.61 Å². The quantitative estimate of drug-likeness (QED) is 0.665. The predicted octanol–water partition coefficient (Wildman–Crippen LogP) is 4.92. The molecule has 0 bridgehead atoms. The number of rotatable bonds is 6. The standard InChI is InChI=1S/C18H19FINO2/c1-3-12-8-9-17(14(19)10-12)23-11-13-15(20)6-5-7-16(13)21-18(22)4-2/h5-10H,3-4,11H2,1-2H3,(H,21,22). The zero-order chi connectivity index (χ0) is 16.8. The summed E-state index contributed by atoms with van der Waals surface area (Å²) in [6.45, 7) is 3.97. The normalized spacial score (nSPS) is 10.4. The van der Waals surface area contributed by atoms with Crippen molar-refractivity contribution in [1.82, 2.24) is 0 Å². The minimum absolute atomic E-state index is 0.0632. The molecule has 0 radical (unpaired) electrons. The Hall–Kier alpha value is -1.63. The Labute approximate surface area is 149 Å². The zero-order valence-electron chi connectivity index (χ0n) is 13.2. The predicted molar refractivity (Wildman–Crippen MR) is 98.2 cm³/mol. The summed E-state index contributed by atoms with van der Waals surface area (Å²) in [6.07, 6.45) is 1.18. The lowest BCUT2D eigenvalue weighted by molar-refractivity contribution is -0.115. The number of carbonyl (C=O) groups is 1. The summed E-state index contributed by atoms with van der Waals surface area (Å²) >= 11 is 2.18. The van der Waals surface area contributed by atoms with Crippen LogP contribution in [-0.2, 0) is 17.8 Å². The number of nitrogens with one attached hydrogen (secondary N) is 1. The first kappa shape index (κ1) is 17.7. The van der Waals surface area contributed by atoms with Crippen LogP contribution in [-0.4, -0.2) is 5.91 Å². The first-order chi connectivity index (χ1) is 11.0. The van der Waals surface area contributed by atoms with Crippen molar-refractivity contribution in [1.29, 1.82) is 0 Å². The van der Waals surface area contributed by atoms with Crippen molar-refractivity contribution in [2.45, 2.75) is 33.3 Å². The molecule has 2 aromatic rings. The molecule has 0 saturated carbocycles. The van der Waals surface area contributed by atoms with Crippen LogP contribution in [0, 0.1) is 9.39 Å². The van der Waals surface area contributed by atoms with E-state index < -0.39 is 0 Å². The monoisotopic (exact) mass is 427 g/mol. The molecule has 0 aromatic heterocycles. The third-order valence-corrected chi connectivity index (χ3v) is 4.50. The van der Waals surface area contributed by atoms with Crippen molar-refractivity contribution in [3.63, 3.8) is 0 Å². The number of ether oxygens (including phenoxy) is 1. The molecule has 5 heteroatoms. The molecule has 0 aliphatic heterocycles. The van der Waals surface area contributed by atoms with Crippen molar-refractivity contribution >= 4 is 34.2 Å². The fourth-order valence-corrected chi connectivity index (χ4v) is 2.75. The van der Waals surface area contributed by atoms with Crippen LogP contribution < -0.4 is 10.1 Å². The van der Waals surface area contributed by atoms with Crippen LogP contribution in [0.5, 0.6) is 5.75 Å². The average Bonchev–Trinajstić information content (AvgIpc) is 2.55. The molecular weight excluding hydrogens is 408 g/mol. The number of hydrogen-bond acceptors (Lipinski definition) is 2. The van der Waals surface area contributed by atoms with E-state index in [1.54, 1.807) is 13.0 Å². The van der Waals surface area contributed by atoms with Crippen molar-refractivity contribution in [2.24, 2.45) is 0 Å². The van der Waals surface area contributed by atoms with Crippen molar-refractivity contribution in [2.75, 3.05) is 5.32 Å². The van der Waals surface area contributed by atoms with Crippen LogP contribution >= 0.6 is 22.6 Å². The molecule has 23 heavy (non-hydrogen) atoms. The van der Waals surface area contributed by atoms with Crippen molar-refractivity contribution in [3.05, 3.63) is 56.9 Å². The van der Waals surface area contributed by atoms with Crippen LogP contribution in [0.25, 0.3) is 0 Å². The smallest absolute Gasteiger partial charge is 0.224 e. The Morgan fingerprint density at radius 3 is 2.70 bits per heavy atom. The molecule has 3 nitrogen and oxygen atoms in total. The molecular formula is C18H19FINO2. The van der Waals surface area contributed by atoms with Crippen LogP contribution in [0.1, 0.15) is 31.4 Å². The van der Waals surface area contributed by atoms with Gasteiger partial charge in [-0.2, -0.15) is 0 Å². The Balaban J connectivity index is 2.18. The highest BCUT2D eigenvalue weighted by molar-refractivity contribution is 14.1. The van der Waals surface area contributed by atoms with Gasteiger partial charge in [-0.3, -0.25) is 4.79 Å². The number of hydrogen-bond donors (Lipinski definition) is 1. The number of halogens is 2. The van der Waals surface area contributed by atoms with Gasteiger partial charge in [0.15, 0.2) is 11.6 Å². The largest absolute Gasteiger partial charge is 0.486 e. The lowest BCUT2D eigenvalue weighted by Gasteiger charge is -2.14. The van der Waals surface area contributed by atoms with E-state index >= 15 is 0 Å². The second kappa shape index (κ2) is 8.29. The fraction of sp³-hybridized carbons (Fsp3) is 0.278. The average molecular weight is 427 g/mol. The Bertz CT molecular complexity index is 703. The Kier molecular flexibility index (Phi) is 6.38. The summed E-state index contributed by atoms with van der Waals surface area (Å²) in [5.74, 6) is -0.212. The van der Waals surface area contributed by atoms with E-state index in [2.05, 4.69) is 27.9 Å². The molecule has 2 rings (SSSR count). The summed E-state index contributed by atoms with van der Waals surface area (Å²) in [5.41, 5.74) is 2.48. The maximum absolute atomic E-state index is 14.0. The topological polar surface area (TPSA) is 38.3 Å². The molecule has 0 spiro atoms. The number of carbonyl (C=O) groups excluding carboxylic acids is 1. The number of anilines is 1. The highest BCUT2D eigenvalue weighted by Gasteiger charge is 2.11. The molecule has 122 valence electrons. The second-order valence-electron chi connectivity index (χ2n) is 5.07.